The highest BCUT2D eigenvalue weighted by Gasteiger charge is 2.09. The van der Waals surface area contributed by atoms with Crippen molar-refractivity contribution in [3.8, 4) is 17.8 Å². The number of benzene rings is 1. The van der Waals surface area contributed by atoms with Gasteiger partial charge in [0.2, 0.25) is 5.88 Å². The average molecular weight is 318 g/mol. The Hall–Kier alpha value is -3.46. The standard InChI is InChI=1S/C18H14N4O2/c1-13-8-14(10-19)2-3-16(13)12-24-18-5-7-21-22(18)17-9-15(11-23)4-6-20-17/h2-9,11H,12H2,1H3. The number of carbonyl (C=O) groups excluding carboxylic acids is 1. The fraction of sp³-hybridized carbons (Fsp3) is 0.111. The molecule has 0 saturated carbocycles. The Morgan fingerprint density at radius 3 is 2.88 bits per heavy atom. The second-order valence-electron chi connectivity index (χ2n) is 5.19. The topological polar surface area (TPSA) is 80.8 Å². The zero-order valence-electron chi connectivity index (χ0n) is 13.0. The van der Waals surface area contributed by atoms with Crippen molar-refractivity contribution in [3.63, 3.8) is 0 Å². The number of ether oxygens (including phenoxy) is 1. The second kappa shape index (κ2) is 6.75. The summed E-state index contributed by atoms with van der Waals surface area (Å²) in [5, 5.41) is 13.1. The van der Waals surface area contributed by atoms with E-state index in [1.54, 1.807) is 36.7 Å². The van der Waals surface area contributed by atoms with Crippen LogP contribution in [0.25, 0.3) is 5.82 Å². The van der Waals surface area contributed by atoms with Crippen molar-refractivity contribution in [1.29, 1.82) is 5.26 Å². The summed E-state index contributed by atoms with van der Waals surface area (Å²) in [6.07, 6.45) is 3.92. The number of hydrogen-bond acceptors (Lipinski definition) is 5. The van der Waals surface area contributed by atoms with Crippen LogP contribution in [0.2, 0.25) is 0 Å². The third-order valence-electron chi connectivity index (χ3n) is 3.58. The summed E-state index contributed by atoms with van der Waals surface area (Å²) in [6, 6.07) is 12.6. The number of aldehydes is 1. The molecule has 0 aliphatic rings. The third kappa shape index (κ3) is 3.15. The number of nitrogens with zero attached hydrogens (tertiary/aromatic N) is 4. The van der Waals surface area contributed by atoms with Crippen LogP contribution in [-0.4, -0.2) is 21.1 Å². The summed E-state index contributed by atoms with van der Waals surface area (Å²) in [6.45, 7) is 2.28. The maximum atomic E-state index is 10.9. The van der Waals surface area contributed by atoms with Gasteiger partial charge in [0.1, 0.15) is 12.9 Å². The van der Waals surface area contributed by atoms with Crippen LogP contribution in [0.5, 0.6) is 5.88 Å². The van der Waals surface area contributed by atoms with E-state index in [-0.39, 0.29) is 0 Å². The minimum Gasteiger partial charge on any atom is -0.473 e. The molecule has 6 nitrogen and oxygen atoms in total. The summed E-state index contributed by atoms with van der Waals surface area (Å²) >= 11 is 0. The molecular formula is C18H14N4O2. The predicted molar refractivity (Wildman–Crippen MR) is 87.0 cm³/mol. The number of hydrogen-bond donors (Lipinski definition) is 0. The Bertz CT molecular complexity index is 925. The first-order valence-corrected chi connectivity index (χ1v) is 7.29. The van der Waals surface area contributed by atoms with Crippen LogP contribution in [0, 0.1) is 18.3 Å². The molecule has 24 heavy (non-hydrogen) atoms. The third-order valence-corrected chi connectivity index (χ3v) is 3.58. The van der Waals surface area contributed by atoms with Gasteiger partial charge in [-0.3, -0.25) is 4.79 Å². The number of aromatic nitrogens is 3. The summed E-state index contributed by atoms with van der Waals surface area (Å²) in [5.41, 5.74) is 3.11. The van der Waals surface area contributed by atoms with Gasteiger partial charge in [0, 0.05) is 17.8 Å². The summed E-state index contributed by atoms with van der Waals surface area (Å²) < 4.78 is 7.37. The summed E-state index contributed by atoms with van der Waals surface area (Å²) in [5.74, 6) is 1.03. The van der Waals surface area contributed by atoms with Crippen molar-refractivity contribution in [2.24, 2.45) is 0 Å². The highest BCUT2D eigenvalue weighted by molar-refractivity contribution is 5.75. The maximum Gasteiger partial charge on any atom is 0.218 e. The highest BCUT2D eigenvalue weighted by atomic mass is 16.5. The molecule has 0 spiro atoms. The van der Waals surface area contributed by atoms with Crippen molar-refractivity contribution >= 4 is 6.29 Å². The van der Waals surface area contributed by atoms with Crippen LogP contribution in [0.4, 0.5) is 0 Å². The lowest BCUT2D eigenvalue weighted by Gasteiger charge is -2.10. The van der Waals surface area contributed by atoms with Gasteiger partial charge in [-0.2, -0.15) is 15.0 Å². The van der Waals surface area contributed by atoms with Gasteiger partial charge in [-0.15, -0.1) is 0 Å². The molecule has 2 heterocycles. The van der Waals surface area contributed by atoms with E-state index < -0.39 is 0 Å². The quantitative estimate of drug-likeness (QED) is 0.676. The van der Waals surface area contributed by atoms with Crippen molar-refractivity contribution in [3.05, 3.63) is 71.0 Å². The van der Waals surface area contributed by atoms with E-state index in [1.165, 1.54) is 4.68 Å². The van der Waals surface area contributed by atoms with Gasteiger partial charge in [0.15, 0.2) is 5.82 Å². The van der Waals surface area contributed by atoms with Crippen LogP contribution in [0.15, 0.2) is 48.8 Å². The van der Waals surface area contributed by atoms with Crippen LogP contribution < -0.4 is 4.74 Å². The van der Waals surface area contributed by atoms with Crippen LogP contribution in [0.1, 0.15) is 27.0 Å². The van der Waals surface area contributed by atoms with Crippen molar-refractivity contribution in [2.75, 3.05) is 0 Å². The molecule has 0 aliphatic heterocycles. The van der Waals surface area contributed by atoms with Gasteiger partial charge in [-0.05, 0) is 42.3 Å². The molecule has 0 radical (unpaired) electrons. The fourth-order valence-electron chi connectivity index (χ4n) is 2.27. The monoisotopic (exact) mass is 318 g/mol. The van der Waals surface area contributed by atoms with Gasteiger partial charge in [-0.1, -0.05) is 6.07 Å². The Kier molecular flexibility index (Phi) is 4.34. The number of pyridine rings is 1. The van der Waals surface area contributed by atoms with E-state index in [1.807, 2.05) is 19.1 Å². The lowest BCUT2D eigenvalue weighted by atomic mass is 10.1. The SMILES string of the molecule is Cc1cc(C#N)ccc1COc1ccnn1-c1cc(C=O)ccn1. The maximum absolute atomic E-state index is 10.9. The van der Waals surface area contributed by atoms with E-state index in [0.29, 0.717) is 29.4 Å². The lowest BCUT2D eigenvalue weighted by molar-refractivity contribution is 0.112. The Labute approximate surface area is 138 Å². The molecule has 2 aromatic heterocycles. The van der Waals surface area contributed by atoms with E-state index in [0.717, 1.165) is 17.4 Å². The zero-order valence-corrected chi connectivity index (χ0v) is 13.0. The van der Waals surface area contributed by atoms with E-state index in [9.17, 15) is 4.79 Å². The first-order valence-electron chi connectivity index (χ1n) is 7.29. The summed E-state index contributed by atoms with van der Waals surface area (Å²) in [7, 11) is 0. The Morgan fingerprint density at radius 2 is 2.12 bits per heavy atom. The minimum absolute atomic E-state index is 0.344. The van der Waals surface area contributed by atoms with Crippen LogP contribution >= 0.6 is 0 Å². The van der Waals surface area contributed by atoms with Gasteiger partial charge in [0.25, 0.3) is 0 Å². The Morgan fingerprint density at radius 1 is 1.25 bits per heavy atom. The molecule has 6 heteroatoms. The van der Waals surface area contributed by atoms with Gasteiger partial charge < -0.3 is 4.74 Å². The van der Waals surface area contributed by atoms with E-state index >= 15 is 0 Å². The molecule has 3 rings (SSSR count). The predicted octanol–water partition coefficient (Wildman–Crippen LogP) is 2.84. The summed E-state index contributed by atoms with van der Waals surface area (Å²) in [4.78, 5) is 15.1. The number of aryl methyl sites for hydroxylation is 1. The van der Waals surface area contributed by atoms with Crippen molar-refractivity contribution in [1.82, 2.24) is 14.8 Å². The van der Waals surface area contributed by atoms with Crippen molar-refractivity contribution < 1.29 is 9.53 Å². The Balaban J connectivity index is 1.81. The second-order valence-corrected chi connectivity index (χ2v) is 5.19. The minimum atomic E-state index is 0.344. The highest BCUT2D eigenvalue weighted by Crippen LogP contribution is 2.19. The van der Waals surface area contributed by atoms with E-state index in [4.69, 9.17) is 10.00 Å². The molecule has 0 amide bonds. The fourth-order valence-corrected chi connectivity index (χ4v) is 2.27. The molecular weight excluding hydrogens is 304 g/mol. The molecule has 0 unspecified atom stereocenters. The first-order chi connectivity index (χ1) is 11.7. The number of nitriles is 1. The van der Waals surface area contributed by atoms with Crippen LogP contribution in [0.3, 0.4) is 0 Å². The molecule has 118 valence electrons. The molecule has 0 fully saturated rings. The van der Waals surface area contributed by atoms with Gasteiger partial charge >= 0.3 is 0 Å². The molecule has 0 aliphatic carbocycles. The smallest absolute Gasteiger partial charge is 0.218 e. The largest absolute Gasteiger partial charge is 0.473 e. The normalized spacial score (nSPS) is 10.2. The molecule has 1 aromatic carbocycles. The molecule has 0 saturated heterocycles. The average Bonchev–Trinajstić information content (AvgIpc) is 3.09. The lowest BCUT2D eigenvalue weighted by Crippen LogP contribution is -2.06. The zero-order chi connectivity index (χ0) is 16.9. The van der Waals surface area contributed by atoms with Gasteiger partial charge in [-0.25, -0.2) is 4.98 Å². The molecule has 3 aromatic rings. The first kappa shape index (κ1) is 15.4. The number of rotatable bonds is 5. The number of carbonyl (C=O) groups is 1. The van der Waals surface area contributed by atoms with Gasteiger partial charge in [0.05, 0.1) is 17.8 Å². The van der Waals surface area contributed by atoms with Crippen LogP contribution in [-0.2, 0) is 6.61 Å². The van der Waals surface area contributed by atoms with E-state index in [2.05, 4.69) is 16.2 Å². The molecule has 0 N–H and O–H groups in total. The molecule has 0 atom stereocenters. The molecule has 0 bridgehead atoms. The van der Waals surface area contributed by atoms with Crippen molar-refractivity contribution in [2.45, 2.75) is 13.5 Å².